The third-order valence-corrected chi connectivity index (χ3v) is 6.31. The average molecular weight is 353 g/mol. The molecular weight excluding hydrogens is 327 g/mol. The number of carbonyl (C=O) groups is 1. The number of quaternary nitrogens is 1. The quantitative estimate of drug-likeness (QED) is 0.744. The summed E-state index contributed by atoms with van der Waals surface area (Å²) in [5, 5.41) is 0. The fourth-order valence-corrected chi connectivity index (χ4v) is 4.60. The molecule has 3 atom stereocenters. The number of nitrogens with zero attached hydrogens (tertiary/aromatic N) is 2. The largest absolute Gasteiger partial charge is 0.326 e. The normalized spacial score (nSPS) is 27.2. The van der Waals surface area contributed by atoms with E-state index in [1.54, 1.807) is 12.1 Å². The highest BCUT2D eigenvalue weighted by molar-refractivity contribution is 6.08. The van der Waals surface area contributed by atoms with E-state index in [0.717, 1.165) is 36.2 Å². The van der Waals surface area contributed by atoms with Gasteiger partial charge in [-0.15, -0.1) is 0 Å². The summed E-state index contributed by atoms with van der Waals surface area (Å²) in [7, 11) is 2.32. The number of aryl methyl sites for hydroxylation is 1. The minimum atomic E-state index is -0.314. The smallest absolute Gasteiger partial charge is 0.258 e. The molecule has 0 spiro atoms. The van der Waals surface area contributed by atoms with E-state index in [4.69, 9.17) is 0 Å². The first kappa shape index (κ1) is 17.2. The summed E-state index contributed by atoms with van der Waals surface area (Å²) in [4.78, 5) is 15.3. The van der Waals surface area contributed by atoms with Crippen molar-refractivity contribution in [3.8, 4) is 0 Å². The summed E-state index contributed by atoms with van der Waals surface area (Å²) < 4.78 is 14.3. The molecule has 0 unspecified atom stereocenters. The van der Waals surface area contributed by atoms with Crippen molar-refractivity contribution in [2.24, 2.45) is 0 Å². The van der Waals surface area contributed by atoms with E-state index in [2.05, 4.69) is 39.1 Å². The third-order valence-electron chi connectivity index (χ3n) is 6.31. The Kier molecular flexibility index (Phi) is 4.11. The number of hydrogen-bond acceptors (Lipinski definition) is 1. The number of rotatable bonds is 2. The molecule has 26 heavy (non-hydrogen) atoms. The Morgan fingerprint density at radius 2 is 1.96 bits per heavy atom. The van der Waals surface area contributed by atoms with Crippen LogP contribution in [0.5, 0.6) is 0 Å². The molecule has 0 saturated carbocycles. The first-order chi connectivity index (χ1) is 12.4. The summed E-state index contributed by atoms with van der Waals surface area (Å²) in [6.07, 6.45) is 0.996. The van der Waals surface area contributed by atoms with Crippen LogP contribution in [-0.2, 0) is 0 Å². The van der Waals surface area contributed by atoms with Crippen LogP contribution in [0, 0.1) is 12.7 Å². The van der Waals surface area contributed by atoms with E-state index in [9.17, 15) is 9.18 Å². The van der Waals surface area contributed by atoms with Crippen LogP contribution in [0.15, 0.2) is 42.5 Å². The average Bonchev–Trinajstić information content (AvgIpc) is 2.94. The fraction of sp³-hybridized carbons (Fsp3) is 0.409. The van der Waals surface area contributed by atoms with Crippen molar-refractivity contribution in [1.29, 1.82) is 0 Å². The van der Waals surface area contributed by atoms with Gasteiger partial charge in [-0.2, -0.15) is 0 Å². The summed E-state index contributed by atoms with van der Waals surface area (Å²) in [5.74, 6) is 0.0359. The Morgan fingerprint density at radius 1 is 1.23 bits per heavy atom. The van der Waals surface area contributed by atoms with Crippen molar-refractivity contribution in [2.75, 3.05) is 31.6 Å². The van der Waals surface area contributed by atoms with Gasteiger partial charge in [0.1, 0.15) is 5.82 Å². The van der Waals surface area contributed by atoms with Gasteiger partial charge in [-0.25, -0.2) is 4.39 Å². The standard InChI is InChI=1S/C22H26FN2O/c1-4-25(3)12-11-21-19(14-25)18-13-15(2)5-10-20(18)24(21)22(26)16-6-8-17(23)9-7-16/h5-10,13,19,21H,4,11-12,14H2,1-3H3/q+1/t19-,21+,25+/m0/s1. The second-order valence-corrected chi connectivity index (χ2v) is 8.05. The molecule has 2 aromatic rings. The maximum absolute atomic E-state index is 13.3. The Hall–Kier alpha value is -2.20. The van der Waals surface area contributed by atoms with Gasteiger partial charge in [0, 0.05) is 17.7 Å². The van der Waals surface area contributed by atoms with Gasteiger partial charge in [0.25, 0.3) is 5.91 Å². The van der Waals surface area contributed by atoms with Gasteiger partial charge in [0.2, 0.25) is 0 Å². The Balaban J connectivity index is 1.76. The minimum Gasteiger partial charge on any atom is -0.326 e. The monoisotopic (exact) mass is 353 g/mol. The van der Waals surface area contributed by atoms with Crippen LogP contribution in [0.1, 0.15) is 40.7 Å². The SMILES string of the molecule is CC[N@+]1(C)CC[C@@H]2[C@@H](C1)c1cc(C)ccc1N2C(=O)c1ccc(F)cc1. The Labute approximate surface area is 154 Å². The van der Waals surface area contributed by atoms with Crippen LogP contribution in [0.4, 0.5) is 10.1 Å². The van der Waals surface area contributed by atoms with Gasteiger partial charge in [-0.3, -0.25) is 4.79 Å². The fourth-order valence-electron chi connectivity index (χ4n) is 4.60. The zero-order valence-corrected chi connectivity index (χ0v) is 15.7. The molecule has 1 saturated heterocycles. The van der Waals surface area contributed by atoms with Crippen LogP contribution in [0.25, 0.3) is 0 Å². The number of fused-ring (bicyclic) bond motifs is 3. The zero-order chi connectivity index (χ0) is 18.5. The summed E-state index contributed by atoms with van der Waals surface area (Å²) in [5.41, 5.74) is 4.11. The van der Waals surface area contributed by atoms with Crippen molar-refractivity contribution in [3.63, 3.8) is 0 Å². The van der Waals surface area contributed by atoms with E-state index in [1.165, 1.54) is 23.3 Å². The van der Waals surface area contributed by atoms with Gasteiger partial charge >= 0.3 is 0 Å². The highest BCUT2D eigenvalue weighted by Crippen LogP contribution is 2.46. The van der Waals surface area contributed by atoms with E-state index in [-0.39, 0.29) is 17.8 Å². The Morgan fingerprint density at radius 3 is 2.65 bits per heavy atom. The summed E-state index contributed by atoms with van der Waals surface area (Å²) in [6.45, 7) is 7.60. The van der Waals surface area contributed by atoms with Crippen LogP contribution in [0.2, 0.25) is 0 Å². The third kappa shape index (κ3) is 2.73. The number of piperidine rings is 1. The lowest BCUT2D eigenvalue weighted by atomic mass is 9.87. The molecular formula is C22H26FN2O+. The molecule has 2 aromatic carbocycles. The number of benzene rings is 2. The molecule has 0 radical (unpaired) electrons. The summed E-state index contributed by atoms with van der Waals surface area (Å²) in [6, 6.07) is 12.5. The van der Waals surface area contributed by atoms with Crippen molar-refractivity contribution < 1.29 is 13.7 Å². The molecule has 3 nitrogen and oxygen atoms in total. The minimum absolute atomic E-state index is 0.0183. The first-order valence-corrected chi connectivity index (χ1v) is 9.45. The lowest BCUT2D eigenvalue weighted by Crippen LogP contribution is -2.56. The van der Waals surface area contributed by atoms with Gasteiger partial charge in [-0.1, -0.05) is 17.7 Å². The number of halogens is 1. The number of amides is 1. The molecule has 136 valence electrons. The van der Waals surface area contributed by atoms with Gasteiger partial charge in [0.05, 0.1) is 38.6 Å². The lowest BCUT2D eigenvalue weighted by Gasteiger charge is -2.43. The molecule has 1 amide bonds. The molecule has 4 rings (SSSR count). The maximum Gasteiger partial charge on any atom is 0.258 e. The molecule has 1 fully saturated rings. The van der Waals surface area contributed by atoms with Crippen molar-refractivity contribution >= 4 is 11.6 Å². The number of likely N-dealkylation sites (tertiary alicyclic amines) is 1. The molecule has 0 aliphatic carbocycles. The maximum atomic E-state index is 13.3. The molecule has 2 aliphatic heterocycles. The van der Waals surface area contributed by atoms with Gasteiger partial charge in [0.15, 0.2) is 0 Å². The highest BCUT2D eigenvalue weighted by Gasteiger charge is 2.48. The van der Waals surface area contributed by atoms with Gasteiger partial charge < -0.3 is 9.38 Å². The van der Waals surface area contributed by atoms with E-state index in [1.807, 2.05) is 4.90 Å². The van der Waals surface area contributed by atoms with E-state index < -0.39 is 0 Å². The molecule has 2 heterocycles. The number of anilines is 1. The number of carbonyl (C=O) groups excluding carboxylic acids is 1. The Bertz CT molecular complexity index is 848. The molecule has 4 heteroatoms. The van der Waals surface area contributed by atoms with Crippen LogP contribution in [0.3, 0.4) is 0 Å². The van der Waals surface area contributed by atoms with Crippen LogP contribution < -0.4 is 4.90 Å². The molecule has 0 bridgehead atoms. The molecule has 0 aromatic heterocycles. The van der Waals surface area contributed by atoms with E-state index >= 15 is 0 Å². The van der Waals surface area contributed by atoms with Gasteiger partial charge in [-0.05, 0) is 49.7 Å². The first-order valence-electron chi connectivity index (χ1n) is 9.45. The molecule has 2 aliphatic rings. The van der Waals surface area contributed by atoms with E-state index in [0.29, 0.717) is 11.5 Å². The van der Waals surface area contributed by atoms with Crippen molar-refractivity contribution in [2.45, 2.75) is 32.2 Å². The van der Waals surface area contributed by atoms with Crippen LogP contribution in [-0.4, -0.2) is 43.1 Å². The molecule has 0 N–H and O–H groups in total. The second-order valence-electron chi connectivity index (χ2n) is 8.05. The van der Waals surface area contributed by atoms with Crippen LogP contribution >= 0.6 is 0 Å². The summed E-state index contributed by atoms with van der Waals surface area (Å²) >= 11 is 0. The predicted octanol–water partition coefficient (Wildman–Crippen LogP) is 4.12. The van der Waals surface area contributed by atoms with Crippen molar-refractivity contribution in [3.05, 3.63) is 65.0 Å². The second kappa shape index (κ2) is 6.20. The number of hydrogen-bond donors (Lipinski definition) is 0. The highest BCUT2D eigenvalue weighted by atomic mass is 19.1. The predicted molar refractivity (Wildman–Crippen MR) is 102 cm³/mol. The van der Waals surface area contributed by atoms with Crippen molar-refractivity contribution in [1.82, 2.24) is 0 Å². The topological polar surface area (TPSA) is 20.3 Å². The number of likely N-dealkylation sites (N-methyl/N-ethyl adjacent to an activating group) is 1. The lowest BCUT2D eigenvalue weighted by molar-refractivity contribution is -0.913. The zero-order valence-electron chi connectivity index (χ0n) is 15.7.